The van der Waals surface area contributed by atoms with Crippen LogP contribution in [0.4, 0.5) is 4.39 Å². The lowest BCUT2D eigenvalue weighted by Crippen LogP contribution is -2.04. The maximum Gasteiger partial charge on any atom is 0.123 e. The number of hydrogen-bond donors (Lipinski definition) is 1. The first-order valence-corrected chi connectivity index (χ1v) is 6.92. The summed E-state index contributed by atoms with van der Waals surface area (Å²) in [5, 5.41) is 11.5. The van der Waals surface area contributed by atoms with Gasteiger partial charge in [0.25, 0.3) is 0 Å². The van der Waals surface area contributed by atoms with Crippen molar-refractivity contribution in [2.75, 3.05) is 0 Å². The predicted octanol–water partition coefficient (Wildman–Crippen LogP) is 3.96. The fourth-order valence-electron chi connectivity index (χ4n) is 2.61. The minimum Gasteiger partial charge on any atom is -0.388 e. The molecule has 1 unspecified atom stereocenters. The summed E-state index contributed by atoms with van der Waals surface area (Å²) < 4.78 is 13.2. The third-order valence-corrected chi connectivity index (χ3v) is 3.55. The molecule has 1 N–H and O–H groups in total. The number of pyridine rings is 1. The molecule has 2 aromatic carbocycles. The van der Waals surface area contributed by atoms with Gasteiger partial charge in [-0.3, -0.25) is 4.98 Å². The van der Waals surface area contributed by atoms with Crippen LogP contribution in [0.15, 0.2) is 54.6 Å². The molecule has 0 aliphatic carbocycles. The number of fused-ring (bicyclic) bond motifs is 1. The van der Waals surface area contributed by atoms with Crippen LogP contribution in [-0.4, -0.2) is 10.1 Å². The average Bonchev–Trinajstić information content (AvgIpc) is 2.46. The largest absolute Gasteiger partial charge is 0.388 e. The Bertz CT molecular complexity index is 785. The molecule has 0 saturated heterocycles. The molecule has 0 spiro atoms. The summed E-state index contributed by atoms with van der Waals surface area (Å²) in [6, 6.07) is 16.0. The highest BCUT2D eigenvalue weighted by Crippen LogP contribution is 2.26. The number of benzene rings is 2. The van der Waals surface area contributed by atoms with E-state index < -0.39 is 6.10 Å². The SMILES string of the molecule is Cc1cc(C(O)Cc2cccc(F)c2)c2ccccc2n1. The molecule has 1 atom stereocenters. The third kappa shape index (κ3) is 2.93. The highest BCUT2D eigenvalue weighted by atomic mass is 19.1. The van der Waals surface area contributed by atoms with Gasteiger partial charge >= 0.3 is 0 Å². The standard InChI is InChI=1S/C18H16FNO/c1-12-9-16(15-7-2-3-8-17(15)20-12)18(21)11-13-5-4-6-14(19)10-13/h2-10,18,21H,11H2,1H3. The number of rotatable bonds is 3. The van der Waals surface area contributed by atoms with Gasteiger partial charge in [0.05, 0.1) is 11.6 Å². The minimum atomic E-state index is -0.682. The highest BCUT2D eigenvalue weighted by Gasteiger charge is 2.13. The molecular formula is C18H16FNO. The summed E-state index contributed by atoms with van der Waals surface area (Å²) in [6.07, 6.45) is -0.302. The molecule has 0 aliphatic heterocycles. The smallest absolute Gasteiger partial charge is 0.123 e. The first-order valence-electron chi connectivity index (χ1n) is 6.92. The number of aromatic nitrogens is 1. The number of aliphatic hydroxyl groups is 1. The van der Waals surface area contributed by atoms with Crippen molar-refractivity contribution in [1.29, 1.82) is 0 Å². The van der Waals surface area contributed by atoms with Crippen molar-refractivity contribution in [3.63, 3.8) is 0 Å². The van der Waals surface area contributed by atoms with Crippen LogP contribution in [-0.2, 0) is 6.42 Å². The van der Waals surface area contributed by atoms with Gasteiger partial charge in [-0.05, 0) is 42.3 Å². The van der Waals surface area contributed by atoms with Gasteiger partial charge in [0.1, 0.15) is 5.82 Å². The maximum absolute atomic E-state index is 13.2. The second-order valence-electron chi connectivity index (χ2n) is 5.22. The fourth-order valence-corrected chi connectivity index (χ4v) is 2.61. The average molecular weight is 281 g/mol. The molecule has 1 aromatic heterocycles. The molecule has 0 aliphatic rings. The Labute approximate surface area is 122 Å². The van der Waals surface area contributed by atoms with Crippen molar-refractivity contribution in [3.05, 3.63) is 77.2 Å². The first-order chi connectivity index (χ1) is 10.1. The number of aryl methyl sites for hydroxylation is 1. The number of hydrogen-bond acceptors (Lipinski definition) is 2. The number of para-hydroxylation sites is 1. The van der Waals surface area contributed by atoms with Gasteiger partial charge in [-0.2, -0.15) is 0 Å². The van der Waals surface area contributed by atoms with Crippen molar-refractivity contribution in [2.24, 2.45) is 0 Å². The molecule has 0 saturated carbocycles. The van der Waals surface area contributed by atoms with Gasteiger partial charge in [0.2, 0.25) is 0 Å². The zero-order valence-electron chi connectivity index (χ0n) is 11.8. The Morgan fingerprint density at radius 1 is 1.10 bits per heavy atom. The lowest BCUT2D eigenvalue weighted by atomic mass is 9.97. The fraction of sp³-hybridized carbons (Fsp3) is 0.167. The molecule has 21 heavy (non-hydrogen) atoms. The van der Waals surface area contributed by atoms with E-state index in [4.69, 9.17) is 0 Å². The molecule has 0 amide bonds. The third-order valence-electron chi connectivity index (χ3n) is 3.55. The van der Waals surface area contributed by atoms with Crippen molar-refractivity contribution in [3.8, 4) is 0 Å². The first kappa shape index (κ1) is 13.7. The number of aliphatic hydroxyl groups excluding tert-OH is 1. The van der Waals surface area contributed by atoms with E-state index >= 15 is 0 Å². The molecule has 3 rings (SSSR count). The van der Waals surface area contributed by atoms with Crippen LogP contribution >= 0.6 is 0 Å². The van der Waals surface area contributed by atoms with Crippen molar-refractivity contribution >= 4 is 10.9 Å². The predicted molar refractivity (Wildman–Crippen MR) is 81.5 cm³/mol. The van der Waals surface area contributed by atoms with Crippen LogP contribution in [0.1, 0.15) is 22.9 Å². The zero-order valence-corrected chi connectivity index (χ0v) is 11.8. The molecule has 0 bridgehead atoms. The Kier molecular flexibility index (Phi) is 3.67. The van der Waals surface area contributed by atoms with Crippen LogP contribution in [0, 0.1) is 12.7 Å². The van der Waals surface area contributed by atoms with E-state index in [1.165, 1.54) is 12.1 Å². The summed E-state index contributed by atoms with van der Waals surface area (Å²) in [6.45, 7) is 1.91. The maximum atomic E-state index is 13.2. The second kappa shape index (κ2) is 5.62. The molecular weight excluding hydrogens is 265 g/mol. The van der Waals surface area contributed by atoms with Crippen LogP contribution in [0.3, 0.4) is 0 Å². The van der Waals surface area contributed by atoms with Crippen LogP contribution < -0.4 is 0 Å². The van der Waals surface area contributed by atoms with E-state index in [0.29, 0.717) is 6.42 Å². The Morgan fingerprint density at radius 3 is 2.71 bits per heavy atom. The van der Waals surface area contributed by atoms with Crippen molar-refractivity contribution in [1.82, 2.24) is 4.98 Å². The van der Waals surface area contributed by atoms with Gasteiger partial charge < -0.3 is 5.11 Å². The molecule has 3 aromatic rings. The lowest BCUT2D eigenvalue weighted by Gasteiger charge is -2.14. The van der Waals surface area contributed by atoms with Gasteiger partial charge in [-0.1, -0.05) is 30.3 Å². The summed E-state index contributed by atoms with van der Waals surface area (Å²) >= 11 is 0. The quantitative estimate of drug-likeness (QED) is 0.788. The summed E-state index contributed by atoms with van der Waals surface area (Å²) in [5.74, 6) is -0.282. The summed E-state index contributed by atoms with van der Waals surface area (Å²) in [7, 11) is 0. The van der Waals surface area contributed by atoms with Crippen LogP contribution in [0.5, 0.6) is 0 Å². The van der Waals surface area contributed by atoms with Crippen LogP contribution in [0.25, 0.3) is 10.9 Å². The monoisotopic (exact) mass is 281 g/mol. The number of nitrogens with zero attached hydrogens (tertiary/aromatic N) is 1. The topological polar surface area (TPSA) is 33.1 Å². The molecule has 0 fully saturated rings. The minimum absolute atomic E-state index is 0.282. The molecule has 0 radical (unpaired) electrons. The summed E-state index contributed by atoms with van der Waals surface area (Å²) in [4.78, 5) is 4.47. The molecule has 2 nitrogen and oxygen atoms in total. The van der Waals surface area contributed by atoms with Gasteiger partial charge in [-0.25, -0.2) is 4.39 Å². The zero-order chi connectivity index (χ0) is 14.8. The van der Waals surface area contributed by atoms with Gasteiger partial charge in [-0.15, -0.1) is 0 Å². The Hall–Kier alpha value is -2.26. The van der Waals surface area contributed by atoms with E-state index in [1.54, 1.807) is 6.07 Å². The van der Waals surface area contributed by atoms with E-state index in [-0.39, 0.29) is 5.82 Å². The van der Waals surface area contributed by atoms with Gasteiger partial charge in [0, 0.05) is 17.5 Å². The molecule has 3 heteroatoms. The second-order valence-corrected chi connectivity index (χ2v) is 5.22. The van der Waals surface area contributed by atoms with Gasteiger partial charge in [0.15, 0.2) is 0 Å². The van der Waals surface area contributed by atoms with E-state index in [9.17, 15) is 9.50 Å². The van der Waals surface area contributed by atoms with E-state index in [1.807, 2.05) is 43.3 Å². The normalized spacial score (nSPS) is 12.5. The Balaban J connectivity index is 1.99. The van der Waals surface area contributed by atoms with E-state index in [2.05, 4.69) is 4.98 Å². The van der Waals surface area contributed by atoms with Crippen LogP contribution in [0.2, 0.25) is 0 Å². The van der Waals surface area contributed by atoms with Crippen molar-refractivity contribution < 1.29 is 9.50 Å². The lowest BCUT2D eigenvalue weighted by molar-refractivity contribution is 0.180. The molecule has 1 heterocycles. The summed E-state index contributed by atoms with van der Waals surface area (Å²) in [5.41, 5.74) is 3.34. The Morgan fingerprint density at radius 2 is 1.90 bits per heavy atom. The molecule has 106 valence electrons. The van der Waals surface area contributed by atoms with E-state index in [0.717, 1.165) is 27.7 Å². The van der Waals surface area contributed by atoms with Crippen molar-refractivity contribution in [2.45, 2.75) is 19.4 Å². The number of halogens is 1. The highest BCUT2D eigenvalue weighted by molar-refractivity contribution is 5.82.